The SMILES string of the molecule is CCN(CC)CC(C)Nc1nc(CCC(=O)OC)cs1. The number of thiazole rings is 1. The van der Waals surface area contributed by atoms with Crippen LogP contribution in [0.3, 0.4) is 0 Å². The van der Waals surface area contributed by atoms with Crippen molar-refractivity contribution in [2.45, 2.75) is 39.7 Å². The summed E-state index contributed by atoms with van der Waals surface area (Å²) in [7, 11) is 1.41. The summed E-state index contributed by atoms with van der Waals surface area (Å²) in [6.07, 6.45) is 1.02. The number of esters is 1. The Hall–Kier alpha value is -1.14. The van der Waals surface area contributed by atoms with Gasteiger partial charge in [-0.2, -0.15) is 0 Å². The molecule has 1 atom stereocenters. The fourth-order valence-corrected chi connectivity index (χ4v) is 2.80. The summed E-state index contributed by atoms with van der Waals surface area (Å²) in [5.74, 6) is -0.192. The molecule has 0 saturated carbocycles. The van der Waals surface area contributed by atoms with Crippen LogP contribution >= 0.6 is 11.3 Å². The molecule has 1 N–H and O–H groups in total. The highest BCUT2D eigenvalue weighted by molar-refractivity contribution is 7.13. The molecule has 20 heavy (non-hydrogen) atoms. The second kappa shape index (κ2) is 8.92. The summed E-state index contributed by atoms with van der Waals surface area (Å²) >= 11 is 1.59. The van der Waals surface area contributed by atoms with Crippen LogP contribution in [0, 0.1) is 0 Å². The molecule has 6 heteroatoms. The lowest BCUT2D eigenvalue weighted by Crippen LogP contribution is -2.34. The number of aryl methyl sites for hydroxylation is 1. The van der Waals surface area contributed by atoms with E-state index in [4.69, 9.17) is 0 Å². The number of aromatic nitrogens is 1. The van der Waals surface area contributed by atoms with E-state index >= 15 is 0 Å². The molecule has 1 unspecified atom stereocenters. The molecule has 0 aliphatic heterocycles. The van der Waals surface area contributed by atoms with Gasteiger partial charge in [0.2, 0.25) is 0 Å². The van der Waals surface area contributed by atoms with E-state index in [1.165, 1.54) is 7.11 Å². The van der Waals surface area contributed by atoms with E-state index in [0.29, 0.717) is 18.9 Å². The fourth-order valence-electron chi connectivity index (χ4n) is 1.95. The van der Waals surface area contributed by atoms with Crippen LogP contribution < -0.4 is 5.32 Å². The number of carbonyl (C=O) groups excluding carboxylic acids is 1. The zero-order valence-corrected chi connectivity index (χ0v) is 13.6. The molecule has 0 aliphatic rings. The third-order valence-corrected chi connectivity index (χ3v) is 3.98. The summed E-state index contributed by atoms with van der Waals surface area (Å²) in [4.78, 5) is 18.0. The van der Waals surface area contributed by atoms with Crippen molar-refractivity contribution in [2.75, 3.05) is 32.1 Å². The molecule has 5 nitrogen and oxygen atoms in total. The third kappa shape index (κ3) is 5.88. The average molecular weight is 299 g/mol. The predicted octanol–water partition coefficient (Wildman–Crippen LogP) is 2.39. The van der Waals surface area contributed by atoms with Gasteiger partial charge in [-0.25, -0.2) is 4.98 Å². The van der Waals surface area contributed by atoms with Gasteiger partial charge in [0.25, 0.3) is 0 Å². The number of hydrogen-bond acceptors (Lipinski definition) is 6. The Morgan fingerprint density at radius 1 is 1.50 bits per heavy atom. The van der Waals surface area contributed by atoms with Gasteiger partial charge in [0.15, 0.2) is 5.13 Å². The molecule has 1 heterocycles. The second-order valence-electron chi connectivity index (χ2n) is 4.75. The van der Waals surface area contributed by atoms with Gasteiger partial charge in [-0.1, -0.05) is 13.8 Å². The monoisotopic (exact) mass is 299 g/mol. The quantitative estimate of drug-likeness (QED) is 0.710. The number of carbonyl (C=O) groups is 1. The number of anilines is 1. The lowest BCUT2D eigenvalue weighted by molar-refractivity contribution is -0.140. The van der Waals surface area contributed by atoms with E-state index in [9.17, 15) is 4.79 Å². The Kier molecular flexibility index (Phi) is 7.54. The van der Waals surface area contributed by atoms with E-state index in [1.54, 1.807) is 11.3 Å². The highest BCUT2D eigenvalue weighted by atomic mass is 32.1. The fraction of sp³-hybridized carbons (Fsp3) is 0.714. The van der Waals surface area contributed by atoms with Gasteiger partial charge in [0.1, 0.15) is 0 Å². The number of nitrogens with zero attached hydrogens (tertiary/aromatic N) is 2. The number of ether oxygens (including phenoxy) is 1. The molecule has 1 aromatic heterocycles. The van der Waals surface area contributed by atoms with E-state index in [0.717, 1.165) is 30.5 Å². The van der Waals surface area contributed by atoms with Crippen molar-refractivity contribution in [1.29, 1.82) is 0 Å². The Morgan fingerprint density at radius 2 is 2.20 bits per heavy atom. The minimum absolute atomic E-state index is 0.192. The van der Waals surface area contributed by atoms with E-state index in [-0.39, 0.29) is 5.97 Å². The van der Waals surface area contributed by atoms with Crippen LogP contribution in [0.15, 0.2) is 5.38 Å². The second-order valence-corrected chi connectivity index (χ2v) is 5.61. The molecule has 0 aliphatic carbocycles. The zero-order chi connectivity index (χ0) is 15.0. The summed E-state index contributed by atoms with van der Waals surface area (Å²) in [6.45, 7) is 9.63. The zero-order valence-electron chi connectivity index (χ0n) is 12.8. The normalized spacial score (nSPS) is 12.4. The van der Waals surface area contributed by atoms with Crippen LogP contribution in [0.4, 0.5) is 5.13 Å². The van der Waals surface area contributed by atoms with Crippen LogP contribution in [0.1, 0.15) is 32.9 Å². The van der Waals surface area contributed by atoms with Crippen molar-refractivity contribution in [3.63, 3.8) is 0 Å². The van der Waals surface area contributed by atoms with Gasteiger partial charge in [-0.05, 0) is 20.0 Å². The molecular formula is C14H25N3O2S. The number of rotatable bonds is 9. The van der Waals surface area contributed by atoms with E-state index < -0.39 is 0 Å². The maximum Gasteiger partial charge on any atom is 0.305 e. The lowest BCUT2D eigenvalue weighted by atomic mass is 10.2. The predicted molar refractivity (Wildman–Crippen MR) is 83.3 cm³/mol. The summed E-state index contributed by atoms with van der Waals surface area (Å²) in [5.41, 5.74) is 0.943. The minimum Gasteiger partial charge on any atom is -0.469 e. The Morgan fingerprint density at radius 3 is 2.80 bits per heavy atom. The van der Waals surface area contributed by atoms with Crippen LogP contribution in [-0.4, -0.2) is 48.6 Å². The van der Waals surface area contributed by atoms with Crippen molar-refractivity contribution in [3.8, 4) is 0 Å². The molecule has 0 radical (unpaired) electrons. The van der Waals surface area contributed by atoms with Crippen molar-refractivity contribution in [2.24, 2.45) is 0 Å². The molecule has 0 saturated heterocycles. The minimum atomic E-state index is -0.192. The largest absolute Gasteiger partial charge is 0.469 e. The number of methoxy groups -OCH3 is 1. The van der Waals surface area contributed by atoms with Crippen molar-refractivity contribution < 1.29 is 9.53 Å². The van der Waals surface area contributed by atoms with E-state index in [1.807, 2.05) is 5.38 Å². The molecule has 0 amide bonds. The van der Waals surface area contributed by atoms with Gasteiger partial charge < -0.3 is 15.0 Å². The average Bonchev–Trinajstić information content (AvgIpc) is 2.89. The number of hydrogen-bond donors (Lipinski definition) is 1. The van der Waals surface area contributed by atoms with Crippen LogP contribution in [0.2, 0.25) is 0 Å². The maximum atomic E-state index is 11.1. The van der Waals surface area contributed by atoms with Crippen molar-refractivity contribution in [3.05, 3.63) is 11.1 Å². The van der Waals surface area contributed by atoms with Crippen molar-refractivity contribution >= 4 is 22.4 Å². The number of likely N-dealkylation sites (N-methyl/N-ethyl adjacent to an activating group) is 1. The Labute approximate surface area is 125 Å². The Balaban J connectivity index is 2.41. The molecule has 1 rings (SSSR count). The van der Waals surface area contributed by atoms with Crippen LogP contribution in [-0.2, 0) is 16.0 Å². The molecular weight excluding hydrogens is 274 g/mol. The first-order chi connectivity index (χ1) is 9.58. The highest BCUT2D eigenvalue weighted by Gasteiger charge is 2.10. The maximum absolute atomic E-state index is 11.1. The first-order valence-corrected chi connectivity index (χ1v) is 7.97. The van der Waals surface area contributed by atoms with E-state index in [2.05, 4.69) is 40.7 Å². The molecule has 0 aromatic carbocycles. The van der Waals surface area contributed by atoms with Gasteiger partial charge >= 0.3 is 5.97 Å². The molecule has 0 bridgehead atoms. The van der Waals surface area contributed by atoms with Gasteiger partial charge in [0.05, 0.1) is 19.2 Å². The lowest BCUT2D eigenvalue weighted by Gasteiger charge is -2.23. The molecule has 0 spiro atoms. The van der Waals surface area contributed by atoms with Gasteiger partial charge in [-0.15, -0.1) is 11.3 Å². The first kappa shape index (κ1) is 16.9. The molecule has 1 aromatic rings. The first-order valence-electron chi connectivity index (χ1n) is 7.09. The topological polar surface area (TPSA) is 54.5 Å². The third-order valence-electron chi connectivity index (χ3n) is 3.16. The summed E-state index contributed by atoms with van der Waals surface area (Å²) < 4.78 is 4.63. The summed E-state index contributed by atoms with van der Waals surface area (Å²) in [5, 5.41) is 6.33. The van der Waals surface area contributed by atoms with Crippen molar-refractivity contribution in [1.82, 2.24) is 9.88 Å². The number of nitrogens with one attached hydrogen (secondary N) is 1. The molecule has 114 valence electrons. The Bertz CT molecular complexity index is 405. The van der Waals surface area contributed by atoms with Gasteiger partial charge in [0, 0.05) is 24.4 Å². The van der Waals surface area contributed by atoms with Crippen LogP contribution in [0.5, 0.6) is 0 Å². The van der Waals surface area contributed by atoms with Crippen LogP contribution in [0.25, 0.3) is 0 Å². The highest BCUT2D eigenvalue weighted by Crippen LogP contribution is 2.17. The smallest absolute Gasteiger partial charge is 0.305 e. The molecule has 0 fully saturated rings. The summed E-state index contributed by atoms with van der Waals surface area (Å²) in [6, 6.07) is 0.356. The standard InChI is InChI=1S/C14H25N3O2S/c1-5-17(6-2)9-11(3)15-14-16-12(10-20-14)7-8-13(18)19-4/h10-11H,5-9H2,1-4H3,(H,15,16). The van der Waals surface area contributed by atoms with Gasteiger partial charge in [-0.3, -0.25) is 4.79 Å².